The molecule has 0 amide bonds. The summed E-state index contributed by atoms with van der Waals surface area (Å²) in [6.07, 6.45) is 9.71. The molecular formula is C12H26OSi. The molecule has 0 aromatic heterocycles. The first-order chi connectivity index (χ1) is 6.67. The lowest BCUT2D eigenvalue weighted by Crippen LogP contribution is -2.38. The van der Waals surface area contributed by atoms with Crippen molar-refractivity contribution in [2.24, 2.45) is 0 Å². The molecule has 1 aliphatic carbocycles. The summed E-state index contributed by atoms with van der Waals surface area (Å²) in [5.41, 5.74) is 0.938. The van der Waals surface area contributed by atoms with Crippen molar-refractivity contribution in [2.75, 3.05) is 6.61 Å². The van der Waals surface area contributed by atoms with E-state index in [1.807, 2.05) is 0 Å². The topological polar surface area (TPSA) is 9.23 Å². The molecule has 0 unspecified atom stereocenters. The average molecular weight is 214 g/mol. The van der Waals surface area contributed by atoms with Crippen LogP contribution in [0.4, 0.5) is 0 Å². The van der Waals surface area contributed by atoms with Gasteiger partial charge in [0.2, 0.25) is 0 Å². The van der Waals surface area contributed by atoms with Crippen LogP contribution < -0.4 is 0 Å². The van der Waals surface area contributed by atoms with Crippen LogP contribution >= 0.6 is 0 Å². The highest BCUT2D eigenvalue weighted by Gasteiger charge is 2.33. The van der Waals surface area contributed by atoms with E-state index in [0.29, 0.717) is 0 Å². The maximum absolute atomic E-state index is 6.15. The lowest BCUT2D eigenvalue weighted by atomic mass is 10.0. The Morgan fingerprint density at radius 1 is 1.14 bits per heavy atom. The van der Waals surface area contributed by atoms with Crippen molar-refractivity contribution in [3.63, 3.8) is 0 Å². The van der Waals surface area contributed by atoms with Crippen LogP contribution in [0.15, 0.2) is 0 Å². The van der Waals surface area contributed by atoms with E-state index in [1.54, 1.807) is 0 Å². The van der Waals surface area contributed by atoms with Gasteiger partial charge in [-0.05, 0) is 25.1 Å². The highest BCUT2D eigenvalue weighted by atomic mass is 28.4. The third-order valence-corrected chi connectivity index (χ3v) is 7.05. The van der Waals surface area contributed by atoms with Crippen molar-refractivity contribution in [2.45, 2.75) is 70.5 Å². The smallest absolute Gasteiger partial charge is 0.189 e. The average Bonchev–Trinajstić information content (AvgIpc) is 2.19. The van der Waals surface area contributed by atoms with Crippen molar-refractivity contribution in [3.05, 3.63) is 0 Å². The van der Waals surface area contributed by atoms with Gasteiger partial charge in [0, 0.05) is 6.61 Å². The van der Waals surface area contributed by atoms with Crippen LogP contribution in [0.5, 0.6) is 0 Å². The molecule has 1 aliphatic rings. The van der Waals surface area contributed by atoms with Gasteiger partial charge in [0.05, 0.1) is 0 Å². The third kappa shape index (κ3) is 3.74. The number of hydrogen-bond donors (Lipinski definition) is 0. The molecular weight excluding hydrogens is 188 g/mol. The minimum atomic E-state index is -1.34. The Labute approximate surface area is 90.4 Å². The third-order valence-electron chi connectivity index (χ3n) is 3.56. The van der Waals surface area contributed by atoms with Crippen LogP contribution in [0.1, 0.15) is 51.9 Å². The molecule has 0 aromatic rings. The number of unbranched alkanes of at least 4 members (excludes halogenated alkanes) is 1. The maximum atomic E-state index is 6.15. The summed E-state index contributed by atoms with van der Waals surface area (Å²) >= 11 is 0. The summed E-state index contributed by atoms with van der Waals surface area (Å²) in [5.74, 6) is 0. The summed E-state index contributed by atoms with van der Waals surface area (Å²) in [6, 6.07) is 0. The second-order valence-corrected chi connectivity index (χ2v) is 9.45. The monoisotopic (exact) mass is 214 g/mol. The van der Waals surface area contributed by atoms with Gasteiger partial charge >= 0.3 is 0 Å². The molecule has 1 saturated carbocycles. The van der Waals surface area contributed by atoms with Crippen LogP contribution in [-0.4, -0.2) is 14.9 Å². The second-order valence-electron chi connectivity index (χ2n) is 5.14. The van der Waals surface area contributed by atoms with Gasteiger partial charge in [0.1, 0.15) is 0 Å². The van der Waals surface area contributed by atoms with Crippen LogP contribution in [0.25, 0.3) is 0 Å². The van der Waals surface area contributed by atoms with E-state index < -0.39 is 8.32 Å². The quantitative estimate of drug-likeness (QED) is 0.488. The molecule has 0 aliphatic heterocycles. The molecule has 1 rings (SSSR count). The summed E-state index contributed by atoms with van der Waals surface area (Å²) < 4.78 is 6.15. The van der Waals surface area contributed by atoms with E-state index in [1.165, 1.54) is 44.9 Å². The van der Waals surface area contributed by atoms with E-state index in [-0.39, 0.29) is 0 Å². The van der Waals surface area contributed by atoms with Crippen molar-refractivity contribution >= 4 is 8.32 Å². The van der Waals surface area contributed by atoms with Crippen molar-refractivity contribution in [1.82, 2.24) is 0 Å². The predicted molar refractivity (Wildman–Crippen MR) is 65.2 cm³/mol. The Kier molecular flexibility index (Phi) is 5.17. The molecule has 0 bridgehead atoms. The van der Waals surface area contributed by atoms with Crippen LogP contribution in [0, 0.1) is 0 Å². The van der Waals surface area contributed by atoms with Crippen LogP contribution in [0.2, 0.25) is 18.6 Å². The largest absolute Gasteiger partial charge is 0.417 e. The van der Waals surface area contributed by atoms with E-state index in [0.717, 1.165) is 12.1 Å². The van der Waals surface area contributed by atoms with Gasteiger partial charge < -0.3 is 4.43 Å². The zero-order valence-electron chi connectivity index (χ0n) is 10.1. The summed E-state index contributed by atoms with van der Waals surface area (Å²) in [5, 5.41) is 0. The number of rotatable bonds is 5. The van der Waals surface area contributed by atoms with Gasteiger partial charge in [-0.3, -0.25) is 0 Å². The Morgan fingerprint density at radius 2 is 1.79 bits per heavy atom. The van der Waals surface area contributed by atoms with Gasteiger partial charge in [0.15, 0.2) is 8.32 Å². The fraction of sp³-hybridized carbons (Fsp3) is 1.00. The normalized spacial score (nSPS) is 19.9. The second kappa shape index (κ2) is 5.91. The first kappa shape index (κ1) is 12.2. The minimum Gasteiger partial charge on any atom is -0.417 e. The van der Waals surface area contributed by atoms with E-state index in [9.17, 15) is 0 Å². The summed E-state index contributed by atoms with van der Waals surface area (Å²) in [7, 11) is -1.34. The van der Waals surface area contributed by atoms with Crippen molar-refractivity contribution in [3.8, 4) is 0 Å². The van der Waals surface area contributed by atoms with Gasteiger partial charge in [-0.15, -0.1) is 0 Å². The summed E-state index contributed by atoms with van der Waals surface area (Å²) in [4.78, 5) is 0. The van der Waals surface area contributed by atoms with Gasteiger partial charge in [0.25, 0.3) is 0 Å². The fourth-order valence-corrected chi connectivity index (χ4v) is 5.10. The lowest BCUT2D eigenvalue weighted by molar-refractivity contribution is 0.281. The van der Waals surface area contributed by atoms with Gasteiger partial charge in [-0.2, -0.15) is 0 Å². The molecule has 84 valence electrons. The minimum absolute atomic E-state index is 0.938. The Hall–Kier alpha value is 0.177. The Morgan fingerprint density at radius 3 is 2.36 bits per heavy atom. The van der Waals surface area contributed by atoms with Crippen molar-refractivity contribution in [1.29, 1.82) is 0 Å². The number of hydrogen-bond acceptors (Lipinski definition) is 1. The van der Waals surface area contributed by atoms with E-state index >= 15 is 0 Å². The molecule has 1 nitrogen and oxygen atoms in total. The first-order valence-electron chi connectivity index (χ1n) is 6.31. The molecule has 1 fully saturated rings. The first-order valence-corrected chi connectivity index (χ1v) is 9.29. The molecule has 0 aromatic carbocycles. The van der Waals surface area contributed by atoms with Crippen LogP contribution in [0.3, 0.4) is 0 Å². The molecule has 0 N–H and O–H groups in total. The molecule has 0 spiro atoms. The molecule has 0 atom stereocenters. The molecule has 0 saturated heterocycles. The van der Waals surface area contributed by atoms with E-state index in [4.69, 9.17) is 4.43 Å². The zero-order valence-corrected chi connectivity index (χ0v) is 11.1. The predicted octanol–water partition coefficient (Wildman–Crippen LogP) is 4.34. The fourth-order valence-electron chi connectivity index (χ4n) is 2.40. The summed E-state index contributed by atoms with van der Waals surface area (Å²) in [6.45, 7) is 8.07. The highest BCUT2D eigenvalue weighted by Crippen LogP contribution is 2.37. The van der Waals surface area contributed by atoms with Gasteiger partial charge in [-0.25, -0.2) is 0 Å². The SMILES string of the molecule is CCCCO[Si](C)(C)C1CCCCC1. The van der Waals surface area contributed by atoms with Crippen LogP contribution in [-0.2, 0) is 4.43 Å². The maximum Gasteiger partial charge on any atom is 0.189 e. The Bertz CT molecular complexity index is 150. The zero-order chi connectivity index (χ0) is 10.4. The molecule has 2 heteroatoms. The van der Waals surface area contributed by atoms with Crippen molar-refractivity contribution < 1.29 is 4.43 Å². The lowest BCUT2D eigenvalue weighted by Gasteiger charge is -2.34. The molecule has 0 radical (unpaired) electrons. The van der Waals surface area contributed by atoms with Gasteiger partial charge in [-0.1, -0.05) is 45.4 Å². The Balaban J connectivity index is 2.29. The van der Waals surface area contributed by atoms with E-state index in [2.05, 4.69) is 20.0 Å². The molecule has 14 heavy (non-hydrogen) atoms. The highest BCUT2D eigenvalue weighted by molar-refractivity contribution is 6.72. The standard InChI is InChI=1S/C12H26OSi/c1-4-5-11-13-14(2,3)12-9-7-6-8-10-12/h12H,4-11H2,1-3H3. The molecule has 0 heterocycles.